The highest BCUT2D eigenvalue weighted by atomic mass is 16.1. The van der Waals surface area contributed by atoms with Gasteiger partial charge in [-0.25, -0.2) is 0 Å². The van der Waals surface area contributed by atoms with Crippen molar-refractivity contribution in [3.8, 4) is 0 Å². The molecule has 0 saturated carbocycles. The van der Waals surface area contributed by atoms with Crippen molar-refractivity contribution in [3.05, 3.63) is 29.3 Å². The van der Waals surface area contributed by atoms with Gasteiger partial charge in [0.05, 0.1) is 0 Å². The maximum absolute atomic E-state index is 11.0. The van der Waals surface area contributed by atoms with Gasteiger partial charge in [-0.2, -0.15) is 0 Å². The molecule has 0 bridgehead atoms. The third kappa shape index (κ3) is 1.84. The minimum Gasteiger partial charge on any atom is -0.398 e. The molecule has 0 aliphatic rings. The number of anilines is 1. The van der Waals surface area contributed by atoms with Crippen LogP contribution in [0.1, 0.15) is 27.6 Å². The first-order valence-corrected chi connectivity index (χ1v) is 3.72. The summed E-state index contributed by atoms with van der Waals surface area (Å²) in [4.78, 5) is 21.7. The van der Waals surface area contributed by atoms with E-state index in [0.717, 1.165) is 0 Å². The molecule has 0 aromatic heterocycles. The van der Waals surface area contributed by atoms with Crippen LogP contribution in [-0.2, 0) is 0 Å². The highest BCUT2D eigenvalue weighted by Gasteiger charge is 2.07. The van der Waals surface area contributed by atoms with E-state index >= 15 is 0 Å². The molecule has 4 nitrogen and oxygen atoms in total. The fraction of sp³-hybridized carbons (Fsp3) is 0.111. The van der Waals surface area contributed by atoms with Crippen molar-refractivity contribution in [1.29, 1.82) is 0 Å². The molecule has 0 unspecified atom stereocenters. The van der Waals surface area contributed by atoms with Crippen molar-refractivity contribution in [2.75, 3.05) is 5.73 Å². The van der Waals surface area contributed by atoms with Crippen molar-refractivity contribution in [3.63, 3.8) is 0 Å². The number of rotatable bonds is 2. The third-order valence-electron chi connectivity index (χ3n) is 1.72. The minimum atomic E-state index is -0.554. The first-order chi connectivity index (χ1) is 6.02. The van der Waals surface area contributed by atoms with Crippen LogP contribution < -0.4 is 11.5 Å². The van der Waals surface area contributed by atoms with E-state index in [1.807, 2.05) is 0 Å². The number of carbonyl (C=O) groups excluding carboxylic acids is 2. The summed E-state index contributed by atoms with van der Waals surface area (Å²) in [5.41, 5.74) is 11.6. The summed E-state index contributed by atoms with van der Waals surface area (Å²) in [6.07, 6.45) is 0. The predicted molar refractivity (Wildman–Crippen MR) is 49.4 cm³/mol. The zero-order valence-electron chi connectivity index (χ0n) is 7.20. The van der Waals surface area contributed by atoms with Gasteiger partial charge in [-0.15, -0.1) is 0 Å². The number of amides is 1. The average Bonchev–Trinajstić information content (AvgIpc) is 2.03. The van der Waals surface area contributed by atoms with E-state index in [-0.39, 0.29) is 11.5 Å². The van der Waals surface area contributed by atoms with Gasteiger partial charge in [0.2, 0.25) is 5.91 Å². The average molecular weight is 178 g/mol. The van der Waals surface area contributed by atoms with Crippen molar-refractivity contribution < 1.29 is 9.59 Å². The van der Waals surface area contributed by atoms with E-state index < -0.39 is 5.91 Å². The van der Waals surface area contributed by atoms with Gasteiger partial charge >= 0.3 is 0 Å². The Bertz CT molecular complexity index is 372. The van der Waals surface area contributed by atoms with Crippen LogP contribution in [0.2, 0.25) is 0 Å². The van der Waals surface area contributed by atoms with Crippen LogP contribution in [0.25, 0.3) is 0 Å². The van der Waals surface area contributed by atoms with Crippen molar-refractivity contribution >= 4 is 17.4 Å². The molecule has 0 atom stereocenters. The second-order valence-corrected chi connectivity index (χ2v) is 2.72. The SMILES string of the molecule is CC(=O)c1ccc(C(N)=O)cc1N. The smallest absolute Gasteiger partial charge is 0.248 e. The first-order valence-electron chi connectivity index (χ1n) is 3.72. The van der Waals surface area contributed by atoms with Gasteiger partial charge in [-0.1, -0.05) is 0 Å². The molecule has 1 aromatic rings. The Kier molecular flexibility index (Phi) is 2.32. The molecule has 13 heavy (non-hydrogen) atoms. The molecule has 4 heteroatoms. The summed E-state index contributed by atoms with van der Waals surface area (Å²) in [5.74, 6) is -0.685. The first kappa shape index (κ1) is 9.25. The summed E-state index contributed by atoms with van der Waals surface area (Å²) in [6.45, 7) is 1.41. The lowest BCUT2D eigenvalue weighted by molar-refractivity contribution is 0.0993. The Balaban J connectivity index is 3.20. The Morgan fingerprint density at radius 1 is 1.31 bits per heavy atom. The number of carbonyl (C=O) groups is 2. The van der Waals surface area contributed by atoms with Crippen LogP contribution in [-0.4, -0.2) is 11.7 Å². The van der Waals surface area contributed by atoms with E-state index in [1.165, 1.54) is 25.1 Å². The van der Waals surface area contributed by atoms with Crippen molar-refractivity contribution in [2.24, 2.45) is 5.73 Å². The fourth-order valence-electron chi connectivity index (χ4n) is 1.04. The van der Waals surface area contributed by atoms with E-state index in [2.05, 4.69) is 0 Å². The van der Waals surface area contributed by atoms with E-state index in [4.69, 9.17) is 11.5 Å². The molecule has 1 amide bonds. The molecule has 4 N–H and O–H groups in total. The predicted octanol–water partition coefficient (Wildman–Crippen LogP) is 0.570. The molecule has 0 saturated heterocycles. The number of benzene rings is 1. The van der Waals surface area contributed by atoms with Gasteiger partial charge in [0.1, 0.15) is 0 Å². The number of Topliss-reactive ketones (excluding diaryl/α,β-unsaturated/α-hetero) is 1. The molecule has 0 aliphatic carbocycles. The van der Waals surface area contributed by atoms with E-state index in [0.29, 0.717) is 11.1 Å². The van der Waals surface area contributed by atoms with Gasteiger partial charge in [0.15, 0.2) is 5.78 Å². The highest BCUT2D eigenvalue weighted by molar-refractivity contribution is 6.01. The Morgan fingerprint density at radius 2 is 1.92 bits per heavy atom. The Morgan fingerprint density at radius 3 is 2.31 bits per heavy atom. The maximum atomic E-state index is 11.0. The summed E-state index contributed by atoms with van der Waals surface area (Å²) in [5, 5.41) is 0. The van der Waals surface area contributed by atoms with Crippen molar-refractivity contribution in [2.45, 2.75) is 6.92 Å². The van der Waals surface area contributed by atoms with E-state index in [9.17, 15) is 9.59 Å². The second kappa shape index (κ2) is 3.26. The lowest BCUT2D eigenvalue weighted by Crippen LogP contribution is -2.12. The van der Waals surface area contributed by atoms with Crippen molar-refractivity contribution in [1.82, 2.24) is 0 Å². The molecular weight excluding hydrogens is 168 g/mol. The van der Waals surface area contributed by atoms with Crippen LogP contribution in [0.4, 0.5) is 5.69 Å². The van der Waals surface area contributed by atoms with Gasteiger partial charge in [-0.05, 0) is 25.1 Å². The molecule has 0 heterocycles. The molecule has 1 aromatic carbocycles. The monoisotopic (exact) mass is 178 g/mol. The zero-order chi connectivity index (χ0) is 10.0. The summed E-state index contributed by atoms with van der Waals surface area (Å²) < 4.78 is 0. The van der Waals surface area contributed by atoms with Crippen LogP contribution in [0.5, 0.6) is 0 Å². The van der Waals surface area contributed by atoms with E-state index in [1.54, 1.807) is 0 Å². The number of primary amides is 1. The minimum absolute atomic E-state index is 0.131. The number of hydrogen-bond donors (Lipinski definition) is 2. The standard InChI is InChI=1S/C9H10N2O2/c1-5(12)7-3-2-6(9(11)13)4-8(7)10/h2-4H,10H2,1H3,(H2,11,13). The lowest BCUT2D eigenvalue weighted by atomic mass is 10.1. The maximum Gasteiger partial charge on any atom is 0.248 e. The number of ketones is 1. The third-order valence-corrected chi connectivity index (χ3v) is 1.72. The zero-order valence-corrected chi connectivity index (χ0v) is 7.20. The molecule has 0 spiro atoms. The van der Waals surface area contributed by atoms with Crippen LogP contribution >= 0.6 is 0 Å². The quantitative estimate of drug-likeness (QED) is 0.512. The molecule has 0 aliphatic heterocycles. The molecule has 0 radical (unpaired) electrons. The lowest BCUT2D eigenvalue weighted by Gasteiger charge is -2.02. The number of nitrogens with two attached hydrogens (primary N) is 2. The van der Waals surface area contributed by atoms with Gasteiger partial charge in [0.25, 0.3) is 0 Å². The van der Waals surface area contributed by atoms with Crippen LogP contribution in [0.3, 0.4) is 0 Å². The Labute approximate surface area is 75.5 Å². The largest absolute Gasteiger partial charge is 0.398 e. The molecular formula is C9H10N2O2. The Hall–Kier alpha value is -1.84. The van der Waals surface area contributed by atoms with Crippen LogP contribution in [0, 0.1) is 0 Å². The highest BCUT2D eigenvalue weighted by Crippen LogP contribution is 2.14. The van der Waals surface area contributed by atoms with Crippen LogP contribution in [0.15, 0.2) is 18.2 Å². The topological polar surface area (TPSA) is 86.2 Å². The van der Waals surface area contributed by atoms with Gasteiger partial charge in [-0.3, -0.25) is 9.59 Å². The number of nitrogen functional groups attached to an aromatic ring is 1. The van der Waals surface area contributed by atoms with Gasteiger partial charge in [0, 0.05) is 16.8 Å². The second-order valence-electron chi connectivity index (χ2n) is 2.72. The van der Waals surface area contributed by atoms with Gasteiger partial charge < -0.3 is 11.5 Å². The summed E-state index contributed by atoms with van der Waals surface area (Å²) in [6, 6.07) is 4.38. The normalized spacial score (nSPS) is 9.62. The molecule has 0 fully saturated rings. The molecule has 68 valence electrons. The number of hydrogen-bond acceptors (Lipinski definition) is 3. The summed E-state index contributed by atoms with van der Waals surface area (Å²) in [7, 11) is 0. The summed E-state index contributed by atoms with van der Waals surface area (Å²) >= 11 is 0. The molecule has 1 rings (SSSR count). The fourth-order valence-corrected chi connectivity index (χ4v) is 1.04.